The number of nitrogens with zero attached hydrogens (tertiary/aromatic N) is 1. The molecule has 0 aliphatic carbocycles. The minimum Gasteiger partial charge on any atom is -0.497 e. The number of ether oxygens (including phenoxy) is 1. The molecule has 0 amide bonds. The van der Waals surface area contributed by atoms with E-state index in [0.717, 1.165) is 22.3 Å². The van der Waals surface area contributed by atoms with Crippen LogP contribution in [0.3, 0.4) is 0 Å². The fourth-order valence-corrected chi connectivity index (χ4v) is 3.04. The first kappa shape index (κ1) is 13.4. The summed E-state index contributed by atoms with van der Waals surface area (Å²) in [7, 11) is 3.56. The van der Waals surface area contributed by atoms with Crippen molar-refractivity contribution in [1.29, 1.82) is 0 Å². The van der Waals surface area contributed by atoms with E-state index < -0.39 is 5.97 Å². The minimum atomic E-state index is -0.737. The van der Waals surface area contributed by atoms with Gasteiger partial charge >= 0.3 is 5.97 Å². The van der Waals surface area contributed by atoms with E-state index in [9.17, 15) is 9.90 Å². The summed E-state index contributed by atoms with van der Waals surface area (Å²) in [6.45, 7) is 1.34. The number of likely N-dealkylation sites (tertiary alicyclic amines) is 1. The molecule has 2 rings (SSSR count). The quantitative estimate of drug-likeness (QED) is 0.929. The summed E-state index contributed by atoms with van der Waals surface area (Å²) in [4.78, 5) is 13.4. The second kappa shape index (κ2) is 5.28. The van der Waals surface area contributed by atoms with Gasteiger partial charge in [0.2, 0.25) is 0 Å². The van der Waals surface area contributed by atoms with Crippen LogP contribution in [0.5, 0.6) is 5.75 Å². The number of benzene rings is 1. The summed E-state index contributed by atoms with van der Waals surface area (Å²) in [6, 6.07) is 5.69. The summed E-state index contributed by atoms with van der Waals surface area (Å²) in [6.07, 6.45) is 0. The first-order valence-electron chi connectivity index (χ1n) is 5.77. The Bertz CT molecular complexity index is 464. The molecule has 18 heavy (non-hydrogen) atoms. The standard InChI is InChI=1S/C13H16BrNO3/c1-15-6-10(11(7-15)13(16)17)9-5-8(18-2)3-4-12(9)14/h3-5,10-11H,6-7H2,1-2H3,(H,16,17). The molecule has 1 aromatic carbocycles. The number of carboxylic acid groups (broad SMARTS) is 1. The van der Waals surface area contributed by atoms with E-state index in [-0.39, 0.29) is 11.8 Å². The Labute approximate surface area is 115 Å². The van der Waals surface area contributed by atoms with Crippen molar-refractivity contribution in [3.05, 3.63) is 28.2 Å². The van der Waals surface area contributed by atoms with E-state index in [2.05, 4.69) is 20.8 Å². The number of hydrogen-bond donors (Lipinski definition) is 1. The van der Waals surface area contributed by atoms with Crippen molar-refractivity contribution in [2.24, 2.45) is 5.92 Å². The summed E-state index contributed by atoms with van der Waals surface area (Å²) >= 11 is 3.50. The lowest BCUT2D eigenvalue weighted by Gasteiger charge is -2.17. The molecule has 2 unspecified atom stereocenters. The Balaban J connectivity index is 2.37. The van der Waals surface area contributed by atoms with E-state index in [0.29, 0.717) is 6.54 Å². The lowest BCUT2D eigenvalue weighted by molar-refractivity contribution is -0.141. The zero-order valence-corrected chi connectivity index (χ0v) is 12.0. The van der Waals surface area contributed by atoms with E-state index in [1.807, 2.05) is 25.2 Å². The van der Waals surface area contributed by atoms with Crippen LogP contribution in [0.1, 0.15) is 11.5 Å². The molecule has 98 valence electrons. The maximum absolute atomic E-state index is 11.3. The lowest BCUT2D eigenvalue weighted by Crippen LogP contribution is -2.21. The van der Waals surface area contributed by atoms with Gasteiger partial charge in [-0.1, -0.05) is 15.9 Å². The molecule has 1 aliphatic heterocycles. The van der Waals surface area contributed by atoms with E-state index in [1.54, 1.807) is 7.11 Å². The molecule has 0 bridgehead atoms. The minimum absolute atomic E-state index is 0.00280. The SMILES string of the molecule is COc1ccc(Br)c(C2CN(C)CC2C(=O)O)c1. The topological polar surface area (TPSA) is 49.8 Å². The normalized spacial score (nSPS) is 24.2. The third-order valence-corrected chi connectivity index (χ3v) is 4.14. The third kappa shape index (κ3) is 2.52. The fourth-order valence-electron chi connectivity index (χ4n) is 2.50. The molecule has 1 aromatic rings. The molecular formula is C13H16BrNO3. The summed E-state index contributed by atoms with van der Waals surface area (Å²) < 4.78 is 6.15. The van der Waals surface area contributed by atoms with Crippen LogP contribution >= 0.6 is 15.9 Å². The van der Waals surface area contributed by atoms with Gasteiger partial charge in [-0.05, 0) is 30.8 Å². The number of aliphatic carboxylic acids is 1. The average Bonchev–Trinajstić information content (AvgIpc) is 2.72. The largest absolute Gasteiger partial charge is 0.497 e. The highest BCUT2D eigenvalue weighted by atomic mass is 79.9. The Morgan fingerprint density at radius 2 is 2.22 bits per heavy atom. The van der Waals surface area contributed by atoms with Gasteiger partial charge in [0, 0.05) is 23.5 Å². The smallest absolute Gasteiger partial charge is 0.308 e. The number of carboxylic acids is 1. The van der Waals surface area contributed by atoms with Gasteiger partial charge in [-0.2, -0.15) is 0 Å². The Hall–Kier alpha value is -1.07. The van der Waals surface area contributed by atoms with Gasteiger partial charge in [0.15, 0.2) is 0 Å². The fraction of sp³-hybridized carbons (Fsp3) is 0.462. The van der Waals surface area contributed by atoms with Gasteiger partial charge in [0.1, 0.15) is 5.75 Å². The molecule has 1 N–H and O–H groups in total. The maximum atomic E-state index is 11.3. The monoisotopic (exact) mass is 313 g/mol. The van der Waals surface area contributed by atoms with Gasteiger partial charge in [-0.25, -0.2) is 0 Å². The molecule has 0 radical (unpaired) electrons. The predicted octanol–water partition coefficient (Wildman–Crippen LogP) is 2.19. The van der Waals surface area contributed by atoms with Crippen molar-refractivity contribution in [2.45, 2.75) is 5.92 Å². The van der Waals surface area contributed by atoms with E-state index >= 15 is 0 Å². The molecule has 1 heterocycles. The van der Waals surface area contributed by atoms with Crippen molar-refractivity contribution in [3.63, 3.8) is 0 Å². The van der Waals surface area contributed by atoms with Gasteiger partial charge in [-0.3, -0.25) is 4.79 Å². The van der Waals surface area contributed by atoms with Crippen LogP contribution in [0, 0.1) is 5.92 Å². The molecule has 1 saturated heterocycles. The first-order valence-corrected chi connectivity index (χ1v) is 6.57. The van der Waals surface area contributed by atoms with Crippen LogP contribution in [0.2, 0.25) is 0 Å². The van der Waals surface area contributed by atoms with Crippen molar-refractivity contribution < 1.29 is 14.6 Å². The lowest BCUT2D eigenvalue weighted by atomic mass is 9.89. The highest BCUT2D eigenvalue weighted by Gasteiger charge is 2.37. The van der Waals surface area contributed by atoms with Crippen molar-refractivity contribution in [2.75, 3.05) is 27.2 Å². The highest BCUT2D eigenvalue weighted by molar-refractivity contribution is 9.10. The molecule has 0 aromatic heterocycles. The number of halogens is 1. The molecular weight excluding hydrogens is 298 g/mol. The molecule has 0 spiro atoms. The van der Waals surface area contributed by atoms with Crippen LogP contribution < -0.4 is 4.74 Å². The molecule has 2 atom stereocenters. The highest BCUT2D eigenvalue weighted by Crippen LogP contribution is 2.37. The maximum Gasteiger partial charge on any atom is 0.308 e. The molecule has 0 saturated carbocycles. The number of hydrogen-bond acceptors (Lipinski definition) is 3. The Kier molecular flexibility index (Phi) is 3.92. The number of carbonyl (C=O) groups is 1. The van der Waals surface area contributed by atoms with Crippen molar-refractivity contribution >= 4 is 21.9 Å². The summed E-state index contributed by atoms with van der Waals surface area (Å²) in [5.41, 5.74) is 1.01. The van der Waals surface area contributed by atoms with E-state index in [4.69, 9.17) is 4.74 Å². The van der Waals surface area contributed by atoms with Crippen LogP contribution in [-0.4, -0.2) is 43.2 Å². The zero-order chi connectivity index (χ0) is 13.3. The molecule has 1 fully saturated rings. The van der Waals surface area contributed by atoms with Gasteiger partial charge in [0.25, 0.3) is 0 Å². The summed E-state index contributed by atoms with van der Waals surface area (Å²) in [5, 5.41) is 9.31. The van der Waals surface area contributed by atoms with Crippen LogP contribution in [0.25, 0.3) is 0 Å². The van der Waals surface area contributed by atoms with Crippen molar-refractivity contribution in [1.82, 2.24) is 4.90 Å². The number of likely N-dealkylation sites (N-methyl/N-ethyl adjacent to an activating group) is 1. The first-order chi connectivity index (χ1) is 8.52. The van der Waals surface area contributed by atoms with Crippen molar-refractivity contribution in [3.8, 4) is 5.75 Å². The van der Waals surface area contributed by atoms with Gasteiger partial charge in [0.05, 0.1) is 13.0 Å². The second-order valence-corrected chi connectivity index (χ2v) is 5.51. The predicted molar refractivity (Wildman–Crippen MR) is 72.1 cm³/mol. The summed E-state index contributed by atoms with van der Waals surface area (Å²) in [5.74, 6) is -0.346. The molecule has 1 aliphatic rings. The van der Waals surface area contributed by atoms with Gasteiger partial charge < -0.3 is 14.7 Å². The number of methoxy groups -OCH3 is 1. The molecule has 4 nitrogen and oxygen atoms in total. The Morgan fingerprint density at radius 3 is 2.83 bits per heavy atom. The Morgan fingerprint density at radius 1 is 1.50 bits per heavy atom. The average molecular weight is 314 g/mol. The van der Waals surface area contributed by atoms with Gasteiger partial charge in [-0.15, -0.1) is 0 Å². The van der Waals surface area contributed by atoms with Crippen LogP contribution in [-0.2, 0) is 4.79 Å². The van der Waals surface area contributed by atoms with Crippen LogP contribution in [0.15, 0.2) is 22.7 Å². The zero-order valence-electron chi connectivity index (χ0n) is 10.4. The number of rotatable bonds is 3. The van der Waals surface area contributed by atoms with Crippen LogP contribution in [0.4, 0.5) is 0 Å². The second-order valence-electron chi connectivity index (χ2n) is 4.66. The third-order valence-electron chi connectivity index (χ3n) is 3.42. The molecule has 5 heteroatoms. The van der Waals surface area contributed by atoms with E-state index in [1.165, 1.54) is 0 Å².